The van der Waals surface area contributed by atoms with Gasteiger partial charge in [0.2, 0.25) is 0 Å². The molecule has 1 aliphatic rings. The molecule has 2 aromatic carbocycles. The van der Waals surface area contributed by atoms with Crippen LogP contribution in [-0.4, -0.2) is 58.8 Å². The number of carbonyl (C=O) groups is 1. The molecule has 7 heteroatoms. The Labute approximate surface area is 218 Å². The number of likely N-dealkylation sites (tertiary alicyclic amines) is 1. The summed E-state index contributed by atoms with van der Waals surface area (Å²) in [5, 5.41) is 4.55. The molecule has 0 N–H and O–H groups in total. The lowest BCUT2D eigenvalue weighted by molar-refractivity contribution is 0.0556. The molecule has 4 aromatic rings. The van der Waals surface area contributed by atoms with Gasteiger partial charge in [-0.2, -0.15) is 5.10 Å². The Hall–Kier alpha value is -3.84. The molecule has 1 aliphatic heterocycles. The number of nitrogens with zero attached hydrogens (tertiary/aromatic N) is 4. The SMILES string of the molecule is COc1cccc(CC(C2CCN(Cc3cnn(-c4ccccc4)c3)CC2)N(C)C(=O)c2ccco2)c1. The van der Waals surface area contributed by atoms with Crippen LogP contribution in [-0.2, 0) is 13.0 Å². The van der Waals surface area contributed by atoms with E-state index in [0.29, 0.717) is 11.7 Å². The maximum atomic E-state index is 13.2. The minimum atomic E-state index is -0.0753. The Morgan fingerprint density at radius 1 is 1.08 bits per heavy atom. The third-order valence-corrected chi connectivity index (χ3v) is 7.37. The van der Waals surface area contributed by atoms with Crippen molar-refractivity contribution in [2.45, 2.75) is 31.8 Å². The molecule has 1 amide bonds. The highest BCUT2D eigenvalue weighted by Crippen LogP contribution is 2.29. The topological polar surface area (TPSA) is 63.7 Å². The number of hydrogen-bond donors (Lipinski definition) is 0. The van der Waals surface area contributed by atoms with Gasteiger partial charge in [-0.3, -0.25) is 9.69 Å². The second kappa shape index (κ2) is 11.5. The van der Waals surface area contributed by atoms with Crippen LogP contribution in [0.1, 0.15) is 34.5 Å². The van der Waals surface area contributed by atoms with Crippen LogP contribution in [0.4, 0.5) is 0 Å². The molecule has 1 saturated heterocycles. The summed E-state index contributed by atoms with van der Waals surface area (Å²) >= 11 is 0. The van der Waals surface area contributed by atoms with Gasteiger partial charge in [0.1, 0.15) is 5.75 Å². The number of rotatable bonds is 9. The van der Waals surface area contributed by atoms with E-state index in [9.17, 15) is 4.79 Å². The molecule has 0 spiro atoms. The number of carbonyl (C=O) groups excluding carboxylic acids is 1. The van der Waals surface area contributed by atoms with Gasteiger partial charge in [-0.25, -0.2) is 4.68 Å². The molecule has 3 heterocycles. The number of aromatic nitrogens is 2. The number of benzene rings is 2. The summed E-state index contributed by atoms with van der Waals surface area (Å²) in [6.07, 6.45) is 8.45. The van der Waals surface area contributed by atoms with Crippen LogP contribution in [0.2, 0.25) is 0 Å². The van der Waals surface area contributed by atoms with E-state index in [0.717, 1.165) is 50.3 Å². The average molecular weight is 499 g/mol. The van der Waals surface area contributed by atoms with Crippen LogP contribution in [0.3, 0.4) is 0 Å². The molecule has 0 bridgehead atoms. The number of amides is 1. The van der Waals surface area contributed by atoms with Crippen molar-refractivity contribution in [1.82, 2.24) is 19.6 Å². The molecule has 2 aromatic heterocycles. The van der Waals surface area contributed by atoms with Crippen LogP contribution in [0, 0.1) is 5.92 Å². The van der Waals surface area contributed by atoms with Crippen molar-refractivity contribution in [3.05, 3.63) is 102 Å². The zero-order valence-corrected chi connectivity index (χ0v) is 21.5. The van der Waals surface area contributed by atoms with E-state index >= 15 is 0 Å². The first kappa shape index (κ1) is 24.8. The van der Waals surface area contributed by atoms with Crippen molar-refractivity contribution in [2.75, 3.05) is 27.2 Å². The molecule has 5 rings (SSSR count). The lowest BCUT2D eigenvalue weighted by atomic mass is 9.84. The lowest BCUT2D eigenvalue weighted by Crippen LogP contribution is -2.47. The molecule has 1 atom stereocenters. The molecule has 192 valence electrons. The highest BCUT2D eigenvalue weighted by atomic mass is 16.5. The maximum absolute atomic E-state index is 13.2. The van der Waals surface area contributed by atoms with Gasteiger partial charge in [0, 0.05) is 31.4 Å². The smallest absolute Gasteiger partial charge is 0.289 e. The van der Waals surface area contributed by atoms with Gasteiger partial charge >= 0.3 is 0 Å². The van der Waals surface area contributed by atoms with E-state index in [-0.39, 0.29) is 11.9 Å². The Kier molecular flexibility index (Phi) is 7.70. The van der Waals surface area contributed by atoms with Crippen LogP contribution < -0.4 is 4.74 Å². The molecule has 37 heavy (non-hydrogen) atoms. The van der Waals surface area contributed by atoms with Crippen molar-refractivity contribution >= 4 is 5.91 Å². The second-order valence-electron chi connectivity index (χ2n) is 9.76. The molecule has 1 unspecified atom stereocenters. The maximum Gasteiger partial charge on any atom is 0.289 e. The number of furan rings is 1. The quantitative estimate of drug-likeness (QED) is 0.322. The molecule has 1 fully saturated rings. The normalized spacial score (nSPS) is 15.4. The number of hydrogen-bond acceptors (Lipinski definition) is 5. The molecule has 0 saturated carbocycles. The third kappa shape index (κ3) is 5.94. The summed E-state index contributed by atoms with van der Waals surface area (Å²) in [5.74, 6) is 1.53. The van der Waals surface area contributed by atoms with Gasteiger partial charge in [-0.1, -0.05) is 30.3 Å². The van der Waals surface area contributed by atoms with Gasteiger partial charge < -0.3 is 14.1 Å². The van der Waals surface area contributed by atoms with E-state index in [1.807, 2.05) is 53.2 Å². The number of likely N-dealkylation sites (N-methyl/N-ethyl adjacent to an activating group) is 1. The predicted molar refractivity (Wildman–Crippen MR) is 143 cm³/mol. The predicted octanol–water partition coefficient (Wildman–Crippen LogP) is 5.07. The van der Waals surface area contributed by atoms with E-state index in [1.54, 1.807) is 25.5 Å². The van der Waals surface area contributed by atoms with Gasteiger partial charge in [-0.15, -0.1) is 0 Å². The van der Waals surface area contributed by atoms with Crippen molar-refractivity contribution < 1.29 is 13.9 Å². The van der Waals surface area contributed by atoms with Crippen LogP contribution in [0.15, 0.2) is 89.8 Å². The summed E-state index contributed by atoms with van der Waals surface area (Å²) in [4.78, 5) is 17.6. The lowest BCUT2D eigenvalue weighted by Gasteiger charge is -2.40. The van der Waals surface area contributed by atoms with Crippen LogP contribution in [0.5, 0.6) is 5.75 Å². The van der Waals surface area contributed by atoms with Crippen molar-refractivity contribution in [3.63, 3.8) is 0 Å². The second-order valence-corrected chi connectivity index (χ2v) is 9.76. The zero-order valence-electron chi connectivity index (χ0n) is 21.5. The molecular weight excluding hydrogens is 464 g/mol. The summed E-state index contributed by atoms with van der Waals surface area (Å²) in [6, 6.07) is 21.9. The van der Waals surface area contributed by atoms with E-state index in [1.165, 1.54) is 11.1 Å². The Morgan fingerprint density at radius 3 is 2.62 bits per heavy atom. The van der Waals surface area contributed by atoms with Crippen molar-refractivity contribution in [1.29, 1.82) is 0 Å². The third-order valence-electron chi connectivity index (χ3n) is 7.37. The van der Waals surface area contributed by atoms with E-state index in [2.05, 4.69) is 40.5 Å². The first-order valence-electron chi connectivity index (χ1n) is 12.9. The molecule has 0 aliphatic carbocycles. The molecular formula is C30H34N4O3. The largest absolute Gasteiger partial charge is 0.497 e. The van der Waals surface area contributed by atoms with Gasteiger partial charge in [-0.05, 0) is 80.2 Å². The number of ether oxygens (including phenoxy) is 1. The fourth-order valence-corrected chi connectivity index (χ4v) is 5.30. The van der Waals surface area contributed by atoms with Crippen molar-refractivity contribution in [3.8, 4) is 11.4 Å². The number of methoxy groups -OCH3 is 1. The first-order valence-corrected chi connectivity index (χ1v) is 12.9. The number of piperidine rings is 1. The highest BCUT2D eigenvalue weighted by molar-refractivity contribution is 5.91. The Balaban J connectivity index is 1.26. The minimum Gasteiger partial charge on any atom is -0.497 e. The highest BCUT2D eigenvalue weighted by Gasteiger charge is 2.33. The fraction of sp³-hybridized carbons (Fsp3) is 0.333. The zero-order chi connectivity index (χ0) is 25.6. The fourth-order valence-electron chi connectivity index (χ4n) is 5.30. The van der Waals surface area contributed by atoms with Gasteiger partial charge in [0.15, 0.2) is 5.76 Å². The van der Waals surface area contributed by atoms with E-state index in [4.69, 9.17) is 9.15 Å². The van der Waals surface area contributed by atoms with Crippen LogP contribution in [0.25, 0.3) is 5.69 Å². The summed E-state index contributed by atoms with van der Waals surface area (Å²) in [6.45, 7) is 2.85. The minimum absolute atomic E-state index is 0.0627. The van der Waals surface area contributed by atoms with Crippen LogP contribution >= 0.6 is 0 Å². The van der Waals surface area contributed by atoms with Crippen molar-refractivity contribution in [2.24, 2.45) is 5.92 Å². The number of para-hydroxylation sites is 1. The van der Waals surface area contributed by atoms with Gasteiger partial charge in [0.05, 0.1) is 25.3 Å². The van der Waals surface area contributed by atoms with E-state index < -0.39 is 0 Å². The monoisotopic (exact) mass is 498 g/mol. The molecule has 0 radical (unpaired) electrons. The summed E-state index contributed by atoms with van der Waals surface area (Å²) in [7, 11) is 3.59. The summed E-state index contributed by atoms with van der Waals surface area (Å²) < 4.78 is 12.8. The first-order chi connectivity index (χ1) is 18.1. The molecule has 7 nitrogen and oxygen atoms in total. The summed E-state index contributed by atoms with van der Waals surface area (Å²) in [5.41, 5.74) is 3.44. The van der Waals surface area contributed by atoms with Gasteiger partial charge in [0.25, 0.3) is 5.91 Å². The Bertz CT molecular complexity index is 1280. The standard InChI is InChI=1S/C30H34N4O3/c1-32(30(35)29-12-7-17-37-29)28(19-23-8-6-11-27(18-23)36-2)25-13-15-33(16-14-25)21-24-20-31-34(22-24)26-9-4-3-5-10-26/h3-12,17-18,20,22,25,28H,13-16,19,21H2,1-2H3. The average Bonchev–Trinajstić information content (AvgIpc) is 3.65. The Morgan fingerprint density at radius 2 is 1.89 bits per heavy atom.